The second-order valence-electron chi connectivity index (χ2n) is 4.43. The molecule has 5 heteroatoms. The molecule has 0 bridgehead atoms. The van der Waals surface area contributed by atoms with Crippen molar-refractivity contribution in [2.75, 3.05) is 13.7 Å². The summed E-state index contributed by atoms with van der Waals surface area (Å²) < 4.78 is 6.35. The van der Waals surface area contributed by atoms with Gasteiger partial charge in [-0.25, -0.2) is 4.98 Å². The van der Waals surface area contributed by atoms with Gasteiger partial charge < -0.3 is 10.1 Å². The third-order valence-electron chi connectivity index (χ3n) is 3.02. The average Bonchev–Trinajstić information content (AvgIpc) is 2.47. The first kappa shape index (κ1) is 14.9. The summed E-state index contributed by atoms with van der Waals surface area (Å²) >= 11 is 3.46. The maximum absolute atomic E-state index is 5.36. The van der Waals surface area contributed by atoms with Gasteiger partial charge in [0.2, 0.25) is 5.88 Å². The Morgan fingerprint density at radius 2 is 2.25 bits per heavy atom. The average molecular weight is 336 g/mol. The van der Waals surface area contributed by atoms with Crippen LogP contribution in [-0.2, 0) is 6.42 Å². The van der Waals surface area contributed by atoms with E-state index in [4.69, 9.17) is 4.74 Å². The van der Waals surface area contributed by atoms with E-state index in [0.717, 1.165) is 28.6 Å². The lowest BCUT2D eigenvalue weighted by atomic mass is 10.0. The number of ether oxygens (including phenoxy) is 1. The molecule has 0 aliphatic rings. The number of nitrogens with one attached hydrogen (secondary N) is 1. The monoisotopic (exact) mass is 335 g/mol. The molecule has 0 saturated carbocycles. The highest BCUT2D eigenvalue weighted by Crippen LogP contribution is 2.26. The Bertz CT molecular complexity index is 562. The number of pyridine rings is 2. The van der Waals surface area contributed by atoms with Crippen molar-refractivity contribution in [2.24, 2.45) is 0 Å². The van der Waals surface area contributed by atoms with E-state index in [1.165, 1.54) is 0 Å². The molecule has 1 unspecified atom stereocenters. The van der Waals surface area contributed by atoms with E-state index < -0.39 is 0 Å². The lowest BCUT2D eigenvalue weighted by molar-refractivity contribution is 0.382. The summed E-state index contributed by atoms with van der Waals surface area (Å²) in [5.74, 6) is 0.668. The molecule has 0 aliphatic heterocycles. The van der Waals surface area contributed by atoms with Gasteiger partial charge in [-0.1, -0.05) is 13.0 Å². The van der Waals surface area contributed by atoms with E-state index in [1.54, 1.807) is 19.5 Å². The van der Waals surface area contributed by atoms with Crippen LogP contribution in [0.25, 0.3) is 0 Å². The van der Waals surface area contributed by atoms with Crippen LogP contribution in [0.1, 0.15) is 24.1 Å². The smallest absolute Gasteiger partial charge is 0.217 e. The molecule has 0 spiro atoms. The summed E-state index contributed by atoms with van der Waals surface area (Å²) in [7, 11) is 1.65. The van der Waals surface area contributed by atoms with Crippen LogP contribution in [0.2, 0.25) is 0 Å². The van der Waals surface area contributed by atoms with E-state index in [1.807, 2.05) is 18.3 Å². The van der Waals surface area contributed by atoms with E-state index in [0.29, 0.717) is 5.88 Å². The fourth-order valence-electron chi connectivity index (χ4n) is 2.18. The topological polar surface area (TPSA) is 47.0 Å². The van der Waals surface area contributed by atoms with Crippen molar-refractivity contribution in [1.29, 1.82) is 0 Å². The minimum absolute atomic E-state index is 0.153. The molecule has 4 nitrogen and oxygen atoms in total. The maximum Gasteiger partial charge on any atom is 0.217 e. The van der Waals surface area contributed by atoms with Gasteiger partial charge in [-0.2, -0.15) is 0 Å². The Hall–Kier alpha value is -1.46. The minimum atomic E-state index is 0.153. The van der Waals surface area contributed by atoms with Crippen LogP contribution in [-0.4, -0.2) is 23.6 Å². The SMILES string of the molecule is CCNC(Cc1cncc(Br)c1)c1cccnc1OC. The van der Waals surface area contributed by atoms with Gasteiger partial charge in [-0.15, -0.1) is 0 Å². The van der Waals surface area contributed by atoms with Crippen molar-refractivity contribution in [3.8, 4) is 5.88 Å². The molecule has 20 heavy (non-hydrogen) atoms. The fraction of sp³-hybridized carbons (Fsp3) is 0.333. The molecule has 106 valence electrons. The molecule has 0 saturated heterocycles. The zero-order valence-corrected chi connectivity index (χ0v) is 13.2. The highest BCUT2D eigenvalue weighted by atomic mass is 79.9. The summed E-state index contributed by atoms with van der Waals surface area (Å²) in [6.45, 7) is 2.97. The number of methoxy groups -OCH3 is 1. The van der Waals surface area contributed by atoms with Crippen LogP contribution in [0.4, 0.5) is 0 Å². The minimum Gasteiger partial charge on any atom is -0.481 e. The zero-order valence-electron chi connectivity index (χ0n) is 11.6. The first-order valence-electron chi connectivity index (χ1n) is 6.56. The van der Waals surface area contributed by atoms with E-state index >= 15 is 0 Å². The van der Waals surface area contributed by atoms with Gasteiger partial charge >= 0.3 is 0 Å². The Kier molecular flexibility index (Phi) is 5.49. The number of likely N-dealkylation sites (N-methyl/N-ethyl adjacent to an activating group) is 1. The number of nitrogens with zero attached hydrogens (tertiary/aromatic N) is 2. The van der Waals surface area contributed by atoms with Gasteiger partial charge in [0.05, 0.1) is 7.11 Å². The molecule has 2 aromatic rings. The quantitative estimate of drug-likeness (QED) is 0.880. The van der Waals surface area contributed by atoms with Crippen molar-refractivity contribution >= 4 is 15.9 Å². The summed E-state index contributed by atoms with van der Waals surface area (Å²) in [6, 6.07) is 6.21. The molecule has 0 aromatic carbocycles. The van der Waals surface area contributed by atoms with E-state index in [-0.39, 0.29) is 6.04 Å². The normalized spacial score (nSPS) is 12.2. The predicted octanol–water partition coefficient (Wildman–Crippen LogP) is 3.14. The Morgan fingerprint density at radius 3 is 2.95 bits per heavy atom. The van der Waals surface area contributed by atoms with Crippen molar-refractivity contribution in [1.82, 2.24) is 15.3 Å². The molecule has 0 fully saturated rings. The molecule has 1 N–H and O–H groups in total. The maximum atomic E-state index is 5.36. The second kappa shape index (κ2) is 7.36. The van der Waals surface area contributed by atoms with Crippen molar-refractivity contribution in [2.45, 2.75) is 19.4 Å². The number of aromatic nitrogens is 2. The highest BCUT2D eigenvalue weighted by molar-refractivity contribution is 9.10. The molecule has 2 rings (SSSR count). The molecule has 0 aliphatic carbocycles. The van der Waals surface area contributed by atoms with E-state index in [9.17, 15) is 0 Å². The van der Waals surface area contributed by atoms with Crippen molar-refractivity contribution < 1.29 is 4.74 Å². The van der Waals surface area contributed by atoms with Gasteiger partial charge in [0.1, 0.15) is 0 Å². The molecular weight excluding hydrogens is 318 g/mol. The fourth-order valence-corrected chi connectivity index (χ4v) is 2.59. The largest absolute Gasteiger partial charge is 0.481 e. The first-order valence-corrected chi connectivity index (χ1v) is 7.35. The van der Waals surface area contributed by atoms with Gasteiger partial charge in [-0.05, 0) is 46.6 Å². The molecular formula is C15H18BrN3O. The molecule has 0 radical (unpaired) electrons. The lowest BCUT2D eigenvalue weighted by Gasteiger charge is -2.20. The van der Waals surface area contributed by atoms with Crippen LogP contribution >= 0.6 is 15.9 Å². The molecule has 2 heterocycles. The predicted molar refractivity (Wildman–Crippen MR) is 82.8 cm³/mol. The van der Waals surface area contributed by atoms with E-state index in [2.05, 4.69) is 44.2 Å². The summed E-state index contributed by atoms with van der Waals surface area (Å²) in [4.78, 5) is 8.48. The Labute approximate surface area is 127 Å². The van der Waals surface area contributed by atoms with Crippen LogP contribution in [0, 0.1) is 0 Å². The summed E-state index contributed by atoms with van der Waals surface area (Å²) in [5.41, 5.74) is 2.23. The molecule has 0 amide bonds. The first-order chi connectivity index (χ1) is 9.74. The highest BCUT2D eigenvalue weighted by Gasteiger charge is 2.16. The van der Waals surface area contributed by atoms with Gasteiger partial charge in [-0.3, -0.25) is 4.98 Å². The Morgan fingerprint density at radius 1 is 1.40 bits per heavy atom. The van der Waals surface area contributed by atoms with Gasteiger partial charge in [0.25, 0.3) is 0 Å². The third kappa shape index (κ3) is 3.77. The van der Waals surface area contributed by atoms with Crippen LogP contribution < -0.4 is 10.1 Å². The number of rotatable bonds is 6. The summed E-state index contributed by atoms with van der Waals surface area (Å²) in [6.07, 6.45) is 6.25. The van der Waals surface area contributed by atoms with Gasteiger partial charge in [0.15, 0.2) is 0 Å². The number of hydrogen-bond donors (Lipinski definition) is 1. The van der Waals surface area contributed by atoms with Gasteiger partial charge in [0, 0.05) is 34.7 Å². The van der Waals surface area contributed by atoms with Crippen LogP contribution in [0.5, 0.6) is 5.88 Å². The summed E-state index contributed by atoms with van der Waals surface area (Å²) in [5, 5.41) is 3.48. The Balaban J connectivity index is 2.26. The van der Waals surface area contributed by atoms with Crippen molar-refractivity contribution in [3.05, 3.63) is 52.4 Å². The molecule has 1 atom stereocenters. The van der Waals surface area contributed by atoms with Crippen LogP contribution in [0.3, 0.4) is 0 Å². The molecule has 2 aromatic heterocycles. The third-order valence-corrected chi connectivity index (χ3v) is 3.45. The second-order valence-corrected chi connectivity index (χ2v) is 5.34. The van der Waals surface area contributed by atoms with Crippen LogP contribution in [0.15, 0.2) is 41.3 Å². The standard InChI is InChI=1S/C15H18BrN3O/c1-3-18-14(8-11-7-12(16)10-17-9-11)13-5-4-6-19-15(13)20-2/h4-7,9-10,14,18H,3,8H2,1-2H3. The number of halogens is 1. The lowest BCUT2D eigenvalue weighted by Crippen LogP contribution is -2.23. The zero-order chi connectivity index (χ0) is 14.4. The number of hydrogen-bond acceptors (Lipinski definition) is 4. The van der Waals surface area contributed by atoms with Crippen molar-refractivity contribution in [3.63, 3.8) is 0 Å².